The third-order valence-electron chi connectivity index (χ3n) is 5.09. The first-order valence-electron chi connectivity index (χ1n) is 9.60. The number of esters is 1. The molecule has 2 aromatic rings. The molecule has 0 aliphatic rings. The van der Waals surface area contributed by atoms with E-state index in [0.29, 0.717) is 25.1 Å². The van der Waals surface area contributed by atoms with Gasteiger partial charge >= 0.3 is 5.97 Å². The number of hydrogen-bond donors (Lipinski definition) is 1. The molecule has 4 nitrogen and oxygen atoms in total. The van der Waals surface area contributed by atoms with Crippen LogP contribution >= 0.6 is 0 Å². The molecule has 0 fully saturated rings. The molecule has 2 rings (SSSR count). The van der Waals surface area contributed by atoms with Crippen LogP contribution in [-0.2, 0) is 22.6 Å². The Morgan fingerprint density at radius 3 is 2.62 bits per heavy atom. The number of carbonyl (C=O) groups excluding carboxylic acids is 1. The Kier molecular flexibility index (Phi) is 7.46. The van der Waals surface area contributed by atoms with Gasteiger partial charge in [-0.3, -0.25) is 0 Å². The summed E-state index contributed by atoms with van der Waals surface area (Å²) in [7, 11) is 0. The number of aryl methyl sites for hydroxylation is 1. The fraction of sp³-hybridized carbons (Fsp3) is 0.500. The molecule has 142 valence electrons. The van der Waals surface area contributed by atoms with Gasteiger partial charge in [-0.1, -0.05) is 43.7 Å². The van der Waals surface area contributed by atoms with Crippen molar-refractivity contribution in [1.82, 2.24) is 4.57 Å². The van der Waals surface area contributed by atoms with Gasteiger partial charge in [0, 0.05) is 18.7 Å². The molecule has 26 heavy (non-hydrogen) atoms. The number of benzene rings is 1. The van der Waals surface area contributed by atoms with Crippen molar-refractivity contribution >= 4 is 5.97 Å². The SMILES string of the molecule is CCOC(=O)C[NH+](Cc1cccn1Cc1cccc(C)c1)[C@@H](C)C(C)C. The third-order valence-corrected chi connectivity index (χ3v) is 5.09. The number of ether oxygens (including phenoxy) is 1. The average Bonchev–Trinajstić information content (AvgIpc) is 3.00. The third kappa shape index (κ3) is 5.73. The summed E-state index contributed by atoms with van der Waals surface area (Å²) in [5.74, 6) is 0.381. The minimum Gasteiger partial charge on any atom is -0.462 e. The van der Waals surface area contributed by atoms with E-state index >= 15 is 0 Å². The fourth-order valence-electron chi connectivity index (χ4n) is 3.26. The highest BCUT2D eigenvalue weighted by atomic mass is 16.5. The maximum absolute atomic E-state index is 12.1. The van der Waals surface area contributed by atoms with Gasteiger partial charge in [-0.25, -0.2) is 4.79 Å². The van der Waals surface area contributed by atoms with Gasteiger partial charge in [-0.05, 0) is 38.5 Å². The van der Waals surface area contributed by atoms with E-state index in [9.17, 15) is 4.79 Å². The number of aromatic nitrogens is 1. The minimum absolute atomic E-state index is 0.119. The lowest BCUT2D eigenvalue weighted by Crippen LogP contribution is -3.15. The van der Waals surface area contributed by atoms with E-state index in [2.05, 4.69) is 74.9 Å². The molecule has 0 bridgehead atoms. The Bertz CT molecular complexity index is 706. The van der Waals surface area contributed by atoms with Gasteiger partial charge in [0.25, 0.3) is 0 Å². The number of quaternary nitrogens is 1. The normalized spacial score (nSPS) is 13.6. The minimum atomic E-state index is -0.119. The molecule has 1 aromatic heterocycles. The lowest BCUT2D eigenvalue weighted by molar-refractivity contribution is -0.933. The maximum atomic E-state index is 12.1. The summed E-state index contributed by atoms with van der Waals surface area (Å²) in [6.07, 6.45) is 2.12. The molecule has 1 unspecified atom stereocenters. The van der Waals surface area contributed by atoms with Gasteiger partial charge < -0.3 is 14.2 Å². The second-order valence-electron chi connectivity index (χ2n) is 7.47. The number of nitrogens with zero attached hydrogens (tertiary/aromatic N) is 1. The van der Waals surface area contributed by atoms with Crippen LogP contribution in [0.15, 0.2) is 42.6 Å². The first-order valence-corrected chi connectivity index (χ1v) is 9.60. The van der Waals surface area contributed by atoms with Crippen molar-refractivity contribution in [3.8, 4) is 0 Å². The van der Waals surface area contributed by atoms with Crippen molar-refractivity contribution in [2.45, 2.75) is 53.8 Å². The van der Waals surface area contributed by atoms with E-state index in [1.807, 2.05) is 6.92 Å². The van der Waals surface area contributed by atoms with E-state index < -0.39 is 0 Å². The summed E-state index contributed by atoms with van der Waals surface area (Å²) in [4.78, 5) is 13.3. The lowest BCUT2D eigenvalue weighted by atomic mass is 10.0. The van der Waals surface area contributed by atoms with Crippen LogP contribution in [0.5, 0.6) is 0 Å². The molecule has 1 heterocycles. The molecule has 0 amide bonds. The Balaban J connectivity index is 2.15. The molecule has 0 saturated carbocycles. The van der Waals surface area contributed by atoms with Crippen LogP contribution in [0, 0.1) is 12.8 Å². The van der Waals surface area contributed by atoms with Crippen molar-refractivity contribution in [2.75, 3.05) is 13.2 Å². The number of nitrogens with one attached hydrogen (secondary N) is 1. The van der Waals surface area contributed by atoms with E-state index in [-0.39, 0.29) is 5.97 Å². The Morgan fingerprint density at radius 1 is 1.19 bits per heavy atom. The van der Waals surface area contributed by atoms with Gasteiger partial charge in [0.2, 0.25) is 0 Å². The zero-order valence-electron chi connectivity index (χ0n) is 16.8. The first-order chi connectivity index (χ1) is 12.4. The summed E-state index contributed by atoms with van der Waals surface area (Å²) in [5, 5.41) is 0. The summed E-state index contributed by atoms with van der Waals surface area (Å²) < 4.78 is 7.48. The van der Waals surface area contributed by atoms with Crippen LogP contribution in [0.4, 0.5) is 0 Å². The van der Waals surface area contributed by atoms with Gasteiger partial charge in [-0.2, -0.15) is 0 Å². The Hall–Kier alpha value is -2.07. The first kappa shape index (κ1) is 20.2. The highest BCUT2D eigenvalue weighted by molar-refractivity contribution is 5.70. The number of rotatable bonds is 9. The largest absolute Gasteiger partial charge is 0.462 e. The Labute approximate surface area is 157 Å². The smallest absolute Gasteiger partial charge is 0.361 e. The lowest BCUT2D eigenvalue weighted by Gasteiger charge is -2.28. The van der Waals surface area contributed by atoms with Crippen LogP contribution in [0.3, 0.4) is 0 Å². The van der Waals surface area contributed by atoms with Crippen LogP contribution in [0.2, 0.25) is 0 Å². The molecular formula is C22H33N2O2+. The molecule has 0 radical (unpaired) electrons. The summed E-state index contributed by atoms with van der Waals surface area (Å²) in [5.41, 5.74) is 3.82. The van der Waals surface area contributed by atoms with E-state index in [1.165, 1.54) is 21.7 Å². The second-order valence-corrected chi connectivity index (χ2v) is 7.47. The molecule has 4 heteroatoms. The van der Waals surface area contributed by atoms with Gasteiger partial charge in [0.05, 0.1) is 18.3 Å². The van der Waals surface area contributed by atoms with Crippen molar-refractivity contribution in [3.05, 3.63) is 59.4 Å². The topological polar surface area (TPSA) is 35.7 Å². The van der Waals surface area contributed by atoms with E-state index in [4.69, 9.17) is 4.74 Å². The van der Waals surface area contributed by atoms with Crippen LogP contribution < -0.4 is 4.90 Å². The number of hydrogen-bond acceptors (Lipinski definition) is 2. The monoisotopic (exact) mass is 357 g/mol. The predicted octanol–water partition coefficient (Wildman–Crippen LogP) is 2.84. The quantitative estimate of drug-likeness (QED) is 0.701. The highest BCUT2D eigenvalue weighted by Crippen LogP contribution is 2.10. The van der Waals surface area contributed by atoms with Gasteiger partial charge in [-0.15, -0.1) is 0 Å². The summed E-state index contributed by atoms with van der Waals surface area (Å²) in [6, 6.07) is 13.2. The molecule has 0 aliphatic heterocycles. The Morgan fingerprint density at radius 2 is 1.96 bits per heavy atom. The van der Waals surface area contributed by atoms with Crippen LogP contribution in [-0.4, -0.2) is 29.7 Å². The standard InChI is InChI=1S/C22H32N2O2/c1-6-26-22(25)16-24(19(5)17(2)3)15-21-11-8-12-23(21)14-20-10-7-9-18(4)13-20/h7-13,17,19H,6,14-16H2,1-5H3/p+1/t19-/m0/s1. The van der Waals surface area contributed by atoms with Crippen LogP contribution in [0.25, 0.3) is 0 Å². The summed E-state index contributed by atoms with van der Waals surface area (Å²) in [6.45, 7) is 13.1. The molecule has 0 spiro atoms. The van der Waals surface area contributed by atoms with Crippen molar-refractivity contribution in [3.63, 3.8) is 0 Å². The average molecular weight is 358 g/mol. The van der Waals surface area contributed by atoms with Crippen molar-refractivity contribution in [2.24, 2.45) is 5.92 Å². The van der Waals surface area contributed by atoms with Gasteiger partial charge in [0.15, 0.2) is 6.54 Å². The summed E-state index contributed by atoms with van der Waals surface area (Å²) >= 11 is 0. The molecule has 1 N–H and O–H groups in total. The molecular weight excluding hydrogens is 324 g/mol. The zero-order chi connectivity index (χ0) is 19.1. The molecule has 0 saturated heterocycles. The van der Waals surface area contributed by atoms with E-state index in [0.717, 1.165) is 13.1 Å². The molecule has 2 atom stereocenters. The fourth-order valence-corrected chi connectivity index (χ4v) is 3.26. The second kappa shape index (κ2) is 9.58. The zero-order valence-corrected chi connectivity index (χ0v) is 16.8. The number of carbonyl (C=O) groups is 1. The van der Waals surface area contributed by atoms with Crippen molar-refractivity contribution in [1.29, 1.82) is 0 Å². The molecule has 0 aliphatic carbocycles. The van der Waals surface area contributed by atoms with E-state index in [1.54, 1.807) is 0 Å². The van der Waals surface area contributed by atoms with Crippen LogP contribution in [0.1, 0.15) is 44.5 Å². The van der Waals surface area contributed by atoms with Crippen molar-refractivity contribution < 1.29 is 14.4 Å². The van der Waals surface area contributed by atoms with Gasteiger partial charge in [0.1, 0.15) is 6.54 Å². The highest BCUT2D eigenvalue weighted by Gasteiger charge is 2.25. The predicted molar refractivity (Wildman–Crippen MR) is 105 cm³/mol. The molecule has 1 aromatic carbocycles. The maximum Gasteiger partial charge on any atom is 0.361 e.